The van der Waals surface area contributed by atoms with Gasteiger partial charge in [0.1, 0.15) is 11.8 Å². The molecule has 1 aromatic carbocycles. The van der Waals surface area contributed by atoms with Crippen LogP contribution >= 0.6 is 0 Å². The maximum absolute atomic E-state index is 9.56. The summed E-state index contributed by atoms with van der Waals surface area (Å²) < 4.78 is 2.46. The molecule has 1 saturated carbocycles. The number of hydrogen-bond donors (Lipinski definition) is 0. The lowest BCUT2D eigenvalue weighted by molar-refractivity contribution is 0.628. The monoisotopic (exact) mass is 356 g/mol. The summed E-state index contributed by atoms with van der Waals surface area (Å²) in [5.74, 6) is 1.78. The second-order valence-electron chi connectivity index (χ2n) is 8.04. The van der Waals surface area contributed by atoms with Crippen LogP contribution in [0.15, 0.2) is 30.3 Å². The van der Waals surface area contributed by atoms with E-state index >= 15 is 0 Å². The van der Waals surface area contributed by atoms with E-state index in [4.69, 9.17) is 4.98 Å². The van der Waals surface area contributed by atoms with E-state index in [0.717, 1.165) is 37.8 Å². The minimum Gasteiger partial charge on any atom is -0.350 e. The van der Waals surface area contributed by atoms with Crippen LogP contribution in [0.2, 0.25) is 0 Å². The molecule has 2 aromatic heterocycles. The highest BCUT2D eigenvalue weighted by atomic mass is 15.2. The zero-order chi connectivity index (χ0) is 18.5. The Labute approximate surface area is 160 Å². The first kappa shape index (κ1) is 16.4. The minimum absolute atomic E-state index is 0.517. The topological polar surface area (TPSA) is 44.9 Å². The van der Waals surface area contributed by atoms with Crippen LogP contribution in [0.25, 0.3) is 10.9 Å². The van der Waals surface area contributed by atoms with Crippen molar-refractivity contribution in [3.63, 3.8) is 0 Å². The third-order valence-electron chi connectivity index (χ3n) is 6.28. The van der Waals surface area contributed by atoms with Crippen LogP contribution in [0.1, 0.15) is 40.9 Å². The predicted octanol–water partition coefficient (Wildman–Crippen LogP) is 4.50. The van der Waals surface area contributed by atoms with Crippen LogP contribution in [0.4, 0.5) is 5.82 Å². The summed E-state index contributed by atoms with van der Waals surface area (Å²) >= 11 is 0. The Kier molecular flexibility index (Phi) is 3.72. The number of hydrogen-bond acceptors (Lipinski definition) is 3. The number of rotatable bonds is 3. The van der Waals surface area contributed by atoms with Gasteiger partial charge in [0.25, 0.3) is 0 Å². The number of aryl methyl sites for hydroxylation is 1. The number of aromatic nitrogens is 2. The van der Waals surface area contributed by atoms with Gasteiger partial charge in [0, 0.05) is 30.7 Å². The van der Waals surface area contributed by atoms with Crippen LogP contribution in [-0.4, -0.2) is 16.1 Å². The molecular weight excluding hydrogens is 332 g/mol. The third-order valence-corrected chi connectivity index (χ3v) is 6.28. The molecule has 0 N–H and O–H groups in total. The summed E-state index contributed by atoms with van der Waals surface area (Å²) in [5.41, 5.74) is 7.13. The number of fused-ring (bicyclic) bond motifs is 2. The van der Waals surface area contributed by atoms with Gasteiger partial charge >= 0.3 is 0 Å². The Morgan fingerprint density at radius 1 is 1.19 bits per heavy atom. The molecule has 1 aliphatic heterocycles. The van der Waals surface area contributed by atoms with Crippen molar-refractivity contribution < 1.29 is 0 Å². The lowest BCUT2D eigenvalue weighted by Gasteiger charge is -2.30. The van der Waals surface area contributed by atoms with E-state index in [2.05, 4.69) is 53.6 Å². The highest BCUT2D eigenvalue weighted by Crippen LogP contribution is 2.38. The van der Waals surface area contributed by atoms with Crippen molar-refractivity contribution in [2.75, 3.05) is 11.4 Å². The van der Waals surface area contributed by atoms with E-state index < -0.39 is 0 Å². The first-order valence-corrected chi connectivity index (χ1v) is 9.88. The van der Waals surface area contributed by atoms with E-state index in [0.29, 0.717) is 5.69 Å². The molecule has 136 valence electrons. The molecule has 0 spiro atoms. The fraction of sp³-hybridized carbons (Fsp3) is 0.391. The molecule has 27 heavy (non-hydrogen) atoms. The fourth-order valence-electron chi connectivity index (χ4n) is 4.38. The molecule has 2 aliphatic rings. The summed E-state index contributed by atoms with van der Waals surface area (Å²) in [6.07, 6.45) is 3.68. The second kappa shape index (κ2) is 6.13. The lowest BCUT2D eigenvalue weighted by atomic mass is 10.00. The first-order chi connectivity index (χ1) is 13.2. The molecule has 3 heterocycles. The Balaban J connectivity index is 1.69. The van der Waals surface area contributed by atoms with Crippen molar-refractivity contribution in [2.24, 2.45) is 5.92 Å². The van der Waals surface area contributed by atoms with E-state index in [1.165, 1.54) is 46.1 Å². The van der Waals surface area contributed by atoms with Crippen LogP contribution in [0.5, 0.6) is 0 Å². The summed E-state index contributed by atoms with van der Waals surface area (Å²) in [5, 5.41) is 10.8. The Hall–Kier alpha value is -2.80. The average Bonchev–Trinajstić information content (AvgIpc) is 3.50. The Bertz CT molecular complexity index is 1080. The highest BCUT2D eigenvalue weighted by molar-refractivity contribution is 5.94. The summed E-state index contributed by atoms with van der Waals surface area (Å²) in [7, 11) is 0. The maximum Gasteiger partial charge on any atom is 0.155 e. The van der Waals surface area contributed by atoms with Crippen molar-refractivity contribution in [1.29, 1.82) is 5.26 Å². The Morgan fingerprint density at radius 2 is 1.96 bits per heavy atom. The summed E-state index contributed by atoms with van der Waals surface area (Å²) in [6.45, 7) is 7.26. The molecule has 0 atom stereocenters. The van der Waals surface area contributed by atoms with Gasteiger partial charge in [-0.3, -0.25) is 0 Å². The number of nitrogens with zero attached hydrogens (tertiary/aromatic N) is 4. The number of nitriles is 1. The lowest BCUT2D eigenvalue weighted by Crippen LogP contribution is -2.31. The van der Waals surface area contributed by atoms with Crippen LogP contribution < -0.4 is 4.90 Å². The largest absolute Gasteiger partial charge is 0.350 e. The number of pyridine rings is 1. The number of anilines is 1. The van der Waals surface area contributed by atoms with Gasteiger partial charge in [-0.25, -0.2) is 4.98 Å². The summed E-state index contributed by atoms with van der Waals surface area (Å²) in [4.78, 5) is 7.17. The fourth-order valence-corrected chi connectivity index (χ4v) is 4.38. The quantitative estimate of drug-likeness (QED) is 0.694. The van der Waals surface area contributed by atoms with Crippen LogP contribution in [0, 0.1) is 31.1 Å². The smallest absolute Gasteiger partial charge is 0.155 e. The zero-order valence-corrected chi connectivity index (χ0v) is 16.0. The molecule has 0 amide bonds. The molecular formula is C23H24N4. The predicted molar refractivity (Wildman–Crippen MR) is 108 cm³/mol. The van der Waals surface area contributed by atoms with Crippen molar-refractivity contribution in [2.45, 2.75) is 46.2 Å². The van der Waals surface area contributed by atoms with E-state index in [1.54, 1.807) is 0 Å². The van der Waals surface area contributed by atoms with E-state index in [-0.39, 0.29) is 0 Å². The summed E-state index contributed by atoms with van der Waals surface area (Å²) in [6, 6.07) is 12.9. The van der Waals surface area contributed by atoms with Crippen molar-refractivity contribution >= 4 is 16.7 Å². The standard InChI is InChI=1S/C23H24N4/c1-15-16(2)27(13-17-7-8-17)22-21(15)11-20(12-24)25-23(22)26-10-9-18-5-3-4-6-19(18)14-26/h3-6,11,17H,7-10,13-14H2,1-2H3. The van der Waals surface area contributed by atoms with Crippen molar-refractivity contribution in [3.8, 4) is 6.07 Å². The molecule has 4 nitrogen and oxygen atoms in total. The second-order valence-corrected chi connectivity index (χ2v) is 8.04. The van der Waals surface area contributed by atoms with Crippen LogP contribution in [-0.2, 0) is 19.5 Å². The molecule has 0 bridgehead atoms. The SMILES string of the molecule is Cc1c(C)n(CC2CC2)c2c(N3CCc4ccccc4C3)nc(C#N)cc12. The molecule has 0 unspecified atom stereocenters. The van der Waals surface area contributed by atoms with Gasteiger partial charge < -0.3 is 9.47 Å². The molecule has 0 saturated heterocycles. The van der Waals surface area contributed by atoms with Gasteiger partial charge in [0.2, 0.25) is 0 Å². The first-order valence-electron chi connectivity index (χ1n) is 9.88. The highest BCUT2D eigenvalue weighted by Gasteiger charge is 2.27. The van der Waals surface area contributed by atoms with Gasteiger partial charge in [-0.1, -0.05) is 24.3 Å². The zero-order valence-electron chi connectivity index (χ0n) is 16.0. The number of benzene rings is 1. The van der Waals surface area contributed by atoms with Crippen LogP contribution in [0.3, 0.4) is 0 Å². The molecule has 4 heteroatoms. The van der Waals surface area contributed by atoms with Gasteiger partial charge in [-0.2, -0.15) is 5.26 Å². The normalized spacial score (nSPS) is 16.4. The van der Waals surface area contributed by atoms with Crippen molar-refractivity contribution in [1.82, 2.24) is 9.55 Å². The van der Waals surface area contributed by atoms with Gasteiger partial charge in [-0.05, 0) is 61.8 Å². The van der Waals surface area contributed by atoms with Gasteiger partial charge in [-0.15, -0.1) is 0 Å². The molecule has 5 rings (SSSR count). The molecule has 3 aromatic rings. The maximum atomic E-state index is 9.56. The average molecular weight is 356 g/mol. The molecule has 1 fully saturated rings. The Morgan fingerprint density at radius 3 is 2.70 bits per heavy atom. The van der Waals surface area contributed by atoms with Gasteiger partial charge in [0.15, 0.2) is 5.82 Å². The van der Waals surface area contributed by atoms with E-state index in [9.17, 15) is 5.26 Å². The van der Waals surface area contributed by atoms with E-state index in [1.807, 2.05) is 6.07 Å². The third kappa shape index (κ3) is 2.70. The van der Waals surface area contributed by atoms with Gasteiger partial charge in [0.05, 0.1) is 5.52 Å². The van der Waals surface area contributed by atoms with Crippen molar-refractivity contribution in [3.05, 3.63) is 58.4 Å². The minimum atomic E-state index is 0.517. The molecule has 0 radical (unpaired) electrons. The molecule has 1 aliphatic carbocycles.